The molecule has 0 aliphatic carbocycles. The smallest absolute Gasteiger partial charge is 0.243 e. The number of hydrogen-bond acceptors (Lipinski definition) is 17. The third kappa shape index (κ3) is 35.1. The lowest BCUT2D eigenvalue weighted by Gasteiger charge is -2.28. The van der Waals surface area contributed by atoms with Crippen LogP contribution in [0.4, 0.5) is 0 Å². The van der Waals surface area contributed by atoms with E-state index in [-0.39, 0.29) is 127 Å². The van der Waals surface area contributed by atoms with Crippen LogP contribution in [0.25, 0.3) is 0 Å². The number of nitrogens with one attached hydrogen (secondary N) is 9. The molecular formula is C51H100N24O11. The zero-order valence-corrected chi connectivity index (χ0v) is 50.2. The van der Waals surface area contributed by atoms with Crippen LogP contribution in [0.1, 0.15) is 137 Å². The molecular weight excluding hydrogens is 1120 g/mol. The Kier molecular flexibility index (Phi) is 39.9. The van der Waals surface area contributed by atoms with E-state index in [1.807, 2.05) is 6.92 Å². The summed E-state index contributed by atoms with van der Waals surface area (Å²) in [5.41, 5.74) is 60.8. The van der Waals surface area contributed by atoms with E-state index in [1.165, 1.54) is 20.8 Å². The summed E-state index contributed by atoms with van der Waals surface area (Å²) in [6, 6.07) is -12.0. The number of carbonyl (C=O) groups is 10. The highest BCUT2D eigenvalue weighted by molar-refractivity contribution is 5.98. The number of nitrogens with two attached hydrogens (primary N) is 11. The molecule has 0 aliphatic heterocycles. The van der Waals surface area contributed by atoms with Gasteiger partial charge in [0, 0.05) is 33.1 Å². The summed E-state index contributed by atoms with van der Waals surface area (Å²) in [6.45, 7) is 6.37. The molecule has 32 N–H and O–H groups in total. The lowest BCUT2D eigenvalue weighted by Crippen LogP contribution is -2.60. The van der Waals surface area contributed by atoms with Gasteiger partial charge in [-0.15, -0.1) is 0 Å². The zero-order chi connectivity index (χ0) is 65.3. The van der Waals surface area contributed by atoms with Gasteiger partial charge in [-0.05, 0) is 123 Å². The molecule has 10 atom stereocenters. The van der Waals surface area contributed by atoms with Gasteiger partial charge in [0.15, 0.2) is 23.8 Å². The van der Waals surface area contributed by atoms with Crippen molar-refractivity contribution in [2.24, 2.45) is 83.0 Å². The monoisotopic (exact) mass is 1220 g/mol. The second-order valence-corrected chi connectivity index (χ2v) is 20.5. The van der Waals surface area contributed by atoms with Gasteiger partial charge in [-0.3, -0.25) is 67.9 Å². The van der Waals surface area contributed by atoms with Crippen molar-refractivity contribution >= 4 is 82.9 Å². The third-order valence-electron chi connectivity index (χ3n) is 12.9. The Bertz CT molecular complexity index is 2270. The summed E-state index contributed by atoms with van der Waals surface area (Å²) >= 11 is 0. The molecule has 0 unspecified atom stereocenters. The second-order valence-electron chi connectivity index (χ2n) is 20.5. The number of aliphatic imine (C=N–C) groups is 4. The van der Waals surface area contributed by atoms with Gasteiger partial charge < -0.3 is 116 Å². The number of unbranched alkanes of at least 4 members (excludes halogenated alkanes) is 3. The molecule has 0 aromatic carbocycles. The van der Waals surface area contributed by atoms with Crippen LogP contribution in [0.5, 0.6) is 0 Å². The number of carbonyl (C=O) groups excluding carboxylic acids is 10. The molecule has 490 valence electrons. The first-order valence-corrected chi connectivity index (χ1v) is 28.9. The minimum absolute atomic E-state index is 0.00535. The molecule has 0 saturated heterocycles. The average molecular weight is 1230 g/mol. The van der Waals surface area contributed by atoms with Gasteiger partial charge in [0.2, 0.25) is 59.1 Å². The number of aliphatic hydroxyl groups is 1. The van der Waals surface area contributed by atoms with Gasteiger partial charge in [-0.25, -0.2) is 0 Å². The normalized spacial score (nSPS) is 14.3. The fourth-order valence-corrected chi connectivity index (χ4v) is 8.26. The summed E-state index contributed by atoms with van der Waals surface area (Å²) in [7, 11) is 0. The van der Waals surface area contributed by atoms with Gasteiger partial charge in [0.25, 0.3) is 0 Å². The maximum Gasteiger partial charge on any atom is 0.243 e. The molecule has 0 bridgehead atoms. The zero-order valence-electron chi connectivity index (χ0n) is 50.2. The molecule has 86 heavy (non-hydrogen) atoms. The second kappa shape index (κ2) is 44.2. The van der Waals surface area contributed by atoms with Crippen LogP contribution >= 0.6 is 0 Å². The van der Waals surface area contributed by atoms with Crippen LogP contribution in [0.3, 0.4) is 0 Å². The number of amides is 10. The number of guanidine groups is 4. The van der Waals surface area contributed by atoms with Crippen LogP contribution < -0.4 is 111 Å². The topological polar surface area (TPSA) is 635 Å². The van der Waals surface area contributed by atoms with Crippen molar-refractivity contribution in [2.45, 2.75) is 197 Å². The predicted molar refractivity (Wildman–Crippen MR) is 325 cm³/mol. The Morgan fingerprint density at radius 3 is 0.872 bits per heavy atom. The first-order valence-electron chi connectivity index (χ1n) is 28.9. The maximum atomic E-state index is 14.5. The van der Waals surface area contributed by atoms with Crippen molar-refractivity contribution in [1.82, 2.24) is 47.9 Å². The van der Waals surface area contributed by atoms with Crippen LogP contribution in [0, 0.1) is 0 Å². The SMILES string of the molecule is CCCC[C@H](NC(=O)[C@H](CCCN=C(N)N)NC(=O)[C@H](C)NC(=O)[C@H](CCCN=C(N)N)NC(C)=O)C(=O)N[C@@H](CCCN=C(N)N)C(=O)N[C@@H](CCCCN)C(=O)N[C@@H](CCCCN)C(=O)N[C@@H](CCCN=C(N)N)C(=O)N[C@H](C(N)=O)[C@@H](C)O. The third-order valence-corrected chi connectivity index (χ3v) is 12.9. The van der Waals surface area contributed by atoms with E-state index >= 15 is 0 Å². The van der Waals surface area contributed by atoms with Crippen LogP contribution in [-0.2, 0) is 47.9 Å². The lowest BCUT2D eigenvalue weighted by atomic mass is 10.0. The summed E-state index contributed by atoms with van der Waals surface area (Å²) < 4.78 is 0. The fourth-order valence-electron chi connectivity index (χ4n) is 8.26. The summed E-state index contributed by atoms with van der Waals surface area (Å²) in [4.78, 5) is 152. The van der Waals surface area contributed by atoms with Crippen LogP contribution in [-0.4, -0.2) is 188 Å². The molecule has 10 amide bonds. The first kappa shape index (κ1) is 77.7. The van der Waals surface area contributed by atoms with E-state index in [4.69, 9.17) is 63.1 Å². The summed E-state index contributed by atoms with van der Waals surface area (Å²) in [5, 5.41) is 33.6. The largest absolute Gasteiger partial charge is 0.391 e. The van der Waals surface area contributed by atoms with E-state index in [0.29, 0.717) is 44.9 Å². The average Bonchev–Trinajstić information content (AvgIpc) is 3.64. The van der Waals surface area contributed by atoms with Crippen molar-refractivity contribution in [3.8, 4) is 0 Å². The minimum Gasteiger partial charge on any atom is -0.391 e. The van der Waals surface area contributed by atoms with E-state index < -0.39 is 120 Å². The molecule has 0 radical (unpaired) electrons. The molecule has 0 rings (SSSR count). The van der Waals surface area contributed by atoms with Gasteiger partial charge in [-0.2, -0.15) is 0 Å². The molecule has 0 aromatic rings. The maximum absolute atomic E-state index is 14.5. The highest BCUT2D eigenvalue weighted by Gasteiger charge is 2.35. The van der Waals surface area contributed by atoms with Crippen molar-refractivity contribution in [3.05, 3.63) is 0 Å². The van der Waals surface area contributed by atoms with E-state index in [1.54, 1.807) is 0 Å². The van der Waals surface area contributed by atoms with Gasteiger partial charge in [0.05, 0.1) is 6.10 Å². The standard InChI is InChI=1S/C51H100N24O11/c1-5-6-15-32(70-45(84)35(19-12-25-64-49(57)58)69-40(79)28(2)67-41(80)31(68-30(4)77)18-11-24-63-48(55)56)42(81)73-36(20-13-26-65-50(59)60)46(85)72-33(16-7-9-22-52)43(82)71-34(17-8-10-23-53)44(83)74-37(21-14-27-66-51(61)62)47(86)75-38(29(3)76)39(54)78/h28-29,31-38,76H,5-27,52-53H2,1-4H3,(H2,54,78)(H,67,80)(H,68,77)(H,69,79)(H,70,84)(H,71,82)(H,72,85)(H,73,81)(H,74,83)(H,75,86)(H4,55,56,63)(H4,57,58,64)(H4,59,60,65)(H4,61,62,66)/t28-,29+,31-,32-,33-,34-,35-,36-,37-,38-/m0/s1. The molecule has 35 nitrogen and oxygen atoms in total. The molecule has 0 spiro atoms. The van der Waals surface area contributed by atoms with Gasteiger partial charge >= 0.3 is 0 Å². The fraction of sp³-hybridized carbons (Fsp3) is 0.725. The first-order chi connectivity index (χ1) is 40.6. The highest BCUT2D eigenvalue weighted by atomic mass is 16.3. The number of rotatable bonds is 46. The van der Waals surface area contributed by atoms with Crippen molar-refractivity contribution in [2.75, 3.05) is 39.3 Å². The Labute approximate surface area is 502 Å². The Morgan fingerprint density at radius 1 is 0.360 bits per heavy atom. The van der Waals surface area contributed by atoms with E-state index in [2.05, 4.69) is 67.8 Å². The predicted octanol–water partition coefficient (Wildman–Crippen LogP) is -8.08. The van der Waals surface area contributed by atoms with E-state index in [9.17, 15) is 53.1 Å². The highest BCUT2D eigenvalue weighted by Crippen LogP contribution is 2.12. The van der Waals surface area contributed by atoms with Crippen molar-refractivity contribution in [3.63, 3.8) is 0 Å². The molecule has 0 saturated carbocycles. The lowest BCUT2D eigenvalue weighted by molar-refractivity contribution is -0.136. The molecule has 35 heteroatoms. The molecule has 0 aliphatic rings. The van der Waals surface area contributed by atoms with Gasteiger partial charge in [-0.1, -0.05) is 19.8 Å². The van der Waals surface area contributed by atoms with Gasteiger partial charge in [0.1, 0.15) is 54.4 Å². The van der Waals surface area contributed by atoms with Crippen molar-refractivity contribution < 1.29 is 53.1 Å². The number of aliphatic hydroxyl groups excluding tert-OH is 1. The molecule has 0 heterocycles. The Morgan fingerprint density at radius 2 is 0.616 bits per heavy atom. The minimum atomic E-state index is -1.53. The number of primary amides is 1. The Hall–Kier alpha value is -8.34. The van der Waals surface area contributed by atoms with Crippen molar-refractivity contribution in [1.29, 1.82) is 0 Å². The molecule has 0 fully saturated rings. The number of nitrogens with zero attached hydrogens (tertiary/aromatic N) is 4. The Balaban J connectivity index is 7.09. The van der Waals surface area contributed by atoms with E-state index in [0.717, 1.165) is 0 Å². The van der Waals surface area contributed by atoms with Crippen LogP contribution in [0.2, 0.25) is 0 Å². The number of hydrogen-bond donors (Lipinski definition) is 21. The summed E-state index contributed by atoms with van der Waals surface area (Å²) in [6.07, 6.45) is 1.66. The quantitative estimate of drug-likeness (QED) is 0.0153. The van der Waals surface area contributed by atoms with Crippen LogP contribution in [0.15, 0.2) is 20.0 Å². The molecule has 0 aromatic heterocycles. The summed E-state index contributed by atoms with van der Waals surface area (Å²) in [5.74, 6) is -8.97.